The van der Waals surface area contributed by atoms with Crippen LogP contribution in [0.4, 0.5) is 4.79 Å². The van der Waals surface area contributed by atoms with Crippen LogP contribution >= 0.6 is 0 Å². The summed E-state index contributed by atoms with van der Waals surface area (Å²) in [6.45, 7) is 6.19. The lowest BCUT2D eigenvalue weighted by atomic mass is 10.1. The number of benzene rings is 1. The van der Waals surface area contributed by atoms with Gasteiger partial charge in [-0.2, -0.15) is 4.98 Å². The van der Waals surface area contributed by atoms with E-state index in [4.69, 9.17) is 4.52 Å². The Balaban J connectivity index is 2.15. The van der Waals surface area contributed by atoms with Gasteiger partial charge in [0.25, 0.3) is 0 Å². The van der Waals surface area contributed by atoms with E-state index in [-0.39, 0.29) is 18.6 Å². The zero-order valence-corrected chi connectivity index (χ0v) is 12.8. The van der Waals surface area contributed by atoms with Crippen molar-refractivity contribution in [2.75, 3.05) is 7.05 Å². The Hall–Kier alpha value is -2.37. The predicted octanol–water partition coefficient (Wildman–Crippen LogP) is 2.59. The fraction of sp³-hybridized carbons (Fsp3) is 0.400. The molecule has 0 aliphatic heterocycles. The highest BCUT2D eigenvalue weighted by atomic mass is 16.5. The molecule has 1 N–H and O–H groups in total. The van der Waals surface area contributed by atoms with Gasteiger partial charge < -0.3 is 14.7 Å². The average molecular weight is 288 g/mol. The minimum Gasteiger partial charge on any atom is -0.341 e. The van der Waals surface area contributed by atoms with E-state index >= 15 is 0 Å². The molecule has 1 heterocycles. The largest absolute Gasteiger partial charge is 0.341 e. The van der Waals surface area contributed by atoms with Crippen LogP contribution in [-0.2, 0) is 6.54 Å². The zero-order chi connectivity index (χ0) is 15.4. The van der Waals surface area contributed by atoms with E-state index in [1.54, 1.807) is 11.9 Å². The number of hydrogen-bond donors (Lipinski definition) is 1. The zero-order valence-electron chi connectivity index (χ0n) is 12.8. The summed E-state index contributed by atoms with van der Waals surface area (Å²) < 4.78 is 5.24. The number of rotatable bonds is 4. The first kappa shape index (κ1) is 15.0. The lowest BCUT2D eigenvalue weighted by Gasteiger charge is -2.24. The van der Waals surface area contributed by atoms with Crippen LogP contribution in [0.2, 0.25) is 0 Å². The van der Waals surface area contributed by atoms with E-state index in [0.717, 1.165) is 5.56 Å². The van der Waals surface area contributed by atoms with E-state index in [1.807, 2.05) is 45.0 Å². The van der Waals surface area contributed by atoms with E-state index < -0.39 is 0 Å². The van der Waals surface area contributed by atoms with Crippen molar-refractivity contribution in [3.05, 3.63) is 35.7 Å². The number of nitrogens with zero attached hydrogens (tertiary/aromatic N) is 3. The van der Waals surface area contributed by atoms with Crippen molar-refractivity contribution in [2.24, 2.45) is 0 Å². The number of nitrogens with one attached hydrogen (secondary N) is 1. The van der Waals surface area contributed by atoms with Gasteiger partial charge in [-0.05, 0) is 20.8 Å². The maximum absolute atomic E-state index is 11.8. The number of urea groups is 1. The van der Waals surface area contributed by atoms with Crippen LogP contribution in [0.15, 0.2) is 28.8 Å². The summed E-state index contributed by atoms with van der Waals surface area (Å²) in [5.41, 5.74) is 2.07. The molecule has 0 bridgehead atoms. The van der Waals surface area contributed by atoms with Gasteiger partial charge in [-0.3, -0.25) is 0 Å². The molecule has 2 aromatic rings. The van der Waals surface area contributed by atoms with Crippen LogP contribution in [0.25, 0.3) is 11.4 Å². The fourth-order valence-corrected chi connectivity index (χ4v) is 1.92. The van der Waals surface area contributed by atoms with Gasteiger partial charge in [0.15, 0.2) is 0 Å². The molecule has 6 heteroatoms. The molecule has 21 heavy (non-hydrogen) atoms. The molecule has 0 fully saturated rings. The summed E-state index contributed by atoms with van der Waals surface area (Å²) in [5, 5.41) is 6.58. The Morgan fingerprint density at radius 1 is 1.33 bits per heavy atom. The minimum atomic E-state index is -0.167. The molecule has 0 saturated carbocycles. The third-order valence-electron chi connectivity index (χ3n) is 3.18. The Labute approximate surface area is 124 Å². The molecule has 2 amide bonds. The summed E-state index contributed by atoms with van der Waals surface area (Å²) >= 11 is 0. The SMILES string of the molecule is CNC(=O)N(Cc1nc(-c2ccc(C)cc2)no1)C(C)C. The Bertz CT molecular complexity index is 604. The fourth-order valence-electron chi connectivity index (χ4n) is 1.92. The lowest BCUT2D eigenvalue weighted by molar-refractivity contribution is 0.171. The van der Waals surface area contributed by atoms with Crippen LogP contribution in [0, 0.1) is 6.92 Å². The number of hydrogen-bond acceptors (Lipinski definition) is 4. The second-order valence-corrected chi connectivity index (χ2v) is 5.15. The van der Waals surface area contributed by atoms with Crippen molar-refractivity contribution in [2.45, 2.75) is 33.4 Å². The van der Waals surface area contributed by atoms with Gasteiger partial charge in [0.2, 0.25) is 11.7 Å². The number of amides is 2. The van der Waals surface area contributed by atoms with E-state index in [9.17, 15) is 4.79 Å². The molecule has 0 spiro atoms. The van der Waals surface area contributed by atoms with Gasteiger partial charge in [-0.1, -0.05) is 35.0 Å². The third kappa shape index (κ3) is 3.59. The first-order chi connectivity index (χ1) is 10.0. The first-order valence-electron chi connectivity index (χ1n) is 6.89. The monoisotopic (exact) mass is 288 g/mol. The van der Waals surface area contributed by atoms with Crippen LogP contribution in [0.5, 0.6) is 0 Å². The summed E-state index contributed by atoms with van der Waals surface area (Å²) in [7, 11) is 1.60. The highest BCUT2D eigenvalue weighted by Crippen LogP contribution is 2.17. The molecule has 0 aliphatic carbocycles. The predicted molar refractivity (Wildman–Crippen MR) is 79.6 cm³/mol. The van der Waals surface area contributed by atoms with Gasteiger partial charge in [0.1, 0.15) is 6.54 Å². The molecule has 2 rings (SSSR count). The molecular weight excluding hydrogens is 268 g/mol. The van der Waals surface area contributed by atoms with Gasteiger partial charge >= 0.3 is 6.03 Å². The van der Waals surface area contributed by atoms with Gasteiger partial charge in [0, 0.05) is 18.7 Å². The number of carbonyl (C=O) groups is 1. The summed E-state index contributed by atoms with van der Waals surface area (Å²) in [5.74, 6) is 0.952. The molecule has 0 aliphatic rings. The van der Waals surface area contributed by atoms with Crippen molar-refractivity contribution < 1.29 is 9.32 Å². The lowest BCUT2D eigenvalue weighted by Crippen LogP contribution is -2.42. The van der Waals surface area contributed by atoms with Gasteiger partial charge in [-0.25, -0.2) is 4.79 Å². The average Bonchev–Trinajstić information content (AvgIpc) is 2.93. The van der Waals surface area contributed by atoms with Crippen LogP contribution in [-0.4, -0.2) is 34.2 Å². The van der Waals surface area contributed by atoms with Crippen molar-refractivity contribution in [1.82, 2.24) is 20.4 Å². The number of aryl methyl sites for hydroxylation is 1. The molecule has 0 atom stereocenters. The Kier molecular flexibility index (Phi) is 4.57. The van der Waals surface area contributed by atoms with E-state index in [0.29, 0.717) is 11.7 Å². The smallest absolute Gasteiger partial charge is 0.317 e. The van der Waals surface area contributed by atoms with Crippen molar-refractivity contribution in [3.63, 3.8) is 0 Å². The molecular formula is C15H20N4O2. The van der Waals surface area contributed by atoms with E-state index in [1.165, 1.54) is 5.56 Å². The second-order valence-electron chi connectivity index (χ2n) is 5.15. The molecule has 112 valence electrons. The highest BCUT2D eigenvalue weighted by molar-refractivity contribution is 5.74. The third-order valence-corrected chi connectivity index (χ3v) is 3.18. The summed E-state index contributed by atoms with van der Waals surface area (Å²) in [6.07, 6.45) is 0. The molecule has 0 unspecified atom stereocenters. The Morgan fingerprint density at radius 2 is 2.00 bits per heavy atom. The molecule has 6 nitrogen and oxygen atoms in total. The minimum absolute atomic E-state index is 0.0414. The number of aromatic nitrogens is 2. The van der Waals surface area contributed by atoms with Crippen molar-refractivity contribution in [3.8, 4) is 11.4 Å². The molecule has 0 radical (unpaired) electrons. The van der Waals surface area contributed by atoms with Crippen LogP contribution in [0.1, 0.15) is 25.3 Å². The molecule has 0 saturated heterocycles. The molecule has 1 aromatic carbocycles. The summed E-state index contributed by atoms with van der Waals surface area (Å²) in [4.78, 5) is 17.8. The van der Waals surface area contributed by atoms with Crippen molar-refractivity contribution in [1.29, 1.82) is 0 Å². The summed E-state index contributed by atoms with van der Waals surface area (Å²) in [6, 6.07) is 7.76. The number of carbonyl (C=O) groups excluding carboxylic acids is 1. The first-order valence-corrected chi connectivity index (χ1v) is 6.89. The second kappa shape index (κ2) is 6.39. The quantitative estimate of drug-likeness (QED) is 0.938. The van der Waals surface area contributed by atoms with Crippen molar-refractivity contribution >= 4 is 6.03 Å². The maximum Gasteiger partial charge on any atom is 0.317 e. The van der Waals surface area contributed by atoms with Gasteiger partial charge in [-0.15, -0.1) is 0 Å². The standard InChI is InChI=1S/C15H20N4O2/c1-10(2)19(15(20)16-4)9-13-17-14(18-21-13)12-7-5-11(3)6-8-12/h5-8,10H,9H2,1-4H3,(H,16,20). The van der Waals surface area contributed by atoms with Crippen LogP contribution < -0.4 is 5.32 Å². The van der Waals surface area contributed by atoms with Crippen LogP contribution in [0.3, 0.4) is 0 Å². The highest BCUT2D eigenvalue weighted by Gasteiger charge is 2.19. The normalized spacial score (nSPS) is 10.7. The van der Waals surface area contributed by atoms with E-state index in [2.05, 4.69) is 15.5 Å². The van der Waals surface area contributed by atoms with Gasteiger partial charge in [0.05, 0.1) is 0 Å². The Morgan fingerprint density at radius 3 is 2.57 bits per heavy atom. The maximum atomic E-state index is 11.8. The molecule has 1 aromatic heterocycles. The topological polar surface area (TPSA) is 71.3 Å².